The molecule has 0 amide bonds. The standard InChI is InChI=1S/C14H16N2/c1-15-14-7-4-11-10-12(5-6-13(11)14)16-8-2-3-9-16/h2-3,5-6,8-10,14-15H,4,7H2,1H3. The molecule has 1 unspecified atom stereocenters. The summed E-state index contributed by atoms with van der Waals surface area (Å²) < 4.78 is 2.16. The van der Waals surface area contributed by atoms with Crippen molar-refractivity contribution in [1.29, 1.82) is 0 Å². The Kier molecular flexibility index (Phi) is 2.29. The van der Waals surface area contributed by atoms with Gasteiger partial charge in [-0.3, -0.25) is 0 Å². The summed E-state index contributed by atoms with van der Waals surface area (Å²) in [5.74, 6) is 0. The first kappa shape index (κ1) is 9.67. The highest BCUT2D eigenvalue weighted by Gasteiger charge is 2.20. The Morgan fingerprint density at radius 2 is 2.06 bits per heavy atom. The Balaban J connectivity index is 2.01. The van der Waals surface area contributed by atoms with Crippen molar-refractivity contribution in [3.63, 3.8) is 0 Å². The third-order valence-corrected chi connectivity index (χ3v) is 3.46. The fourth-order valence-electron chi connectivity index (χ4n) is 2.57. The third kappa shape index (κ3) is 1.46. The highest BCUT2D eigenvalue weighted by Crippen LogP contribution is 2.32. The van der Waals surface area contributed by atoms with Gasteiger partial charge in [0.2, 0.25) is 0 Å². The van der Waals surface area contributed by atoms with Crippen LogP contribution in [0.3, 0.4) is 0 Å². The second-order valence-electron chi connectivity index (χ2n) is 4.35. The van der Waals surface area contributed by atoms with E-state index in [0.29, 0.717) is 6.04 Å². The molecule has 0 saturated heterocycles. The minimum atomic E-state index is 0.550. The molecule has 0 radical (unpaired) electrons. The number of benzene rings is 1. The van der Waals surface area contributed by atoms with Crippen molar-refractivity contribution >= 4 is 0 Å². The highest BCUT2D eigenvalue weighted by atomic mass is 14.9. The van der Waals surface area contributed by atoms with Gasteiger partial charge in [0.15, 0.2) is 0 Å². The molecule has 2 heteroatoms. The van der Waals surface area contributed by atoms with Crippen molar-refractivity contribution in [2.45, 2.75) is 18.9 Å². The smallest absolute Gasteiger partial charge is 0.0452 e. The maximum absolute atomic E-state index is 3.37. The average Bonchev–Trinajstić information content (AvgIpc) is 2.97. The molecular weight excluding hydrogens is 196 g/mol. The monoisotopic (exact) mass is 212 g/mol. The van der Waals surface area contributed by atoms with E-state index < -0.39 is 0 Å². The van der Waals surface area contributed by atoms with E-state index in [0.717, 1.165) is 0 Å². The van der Waals surface area contributed by atoms with Crippen LogP contribution < -0.4 is 5.32 Å². The second-order valence-corrected chi connectivity index (χ2v) is 4.35. The number of nitrogens with zero attached hydrogens (tertiary/aromatic N) is 1. The van der Waals surface area contributed by atoms with E-state index in [1.165, 1.54) is 29.7 Å². The topological polar surface area (TPSA) is 17.0 Å². The lowest BCUT2D eigenvalue weighted by molar-refractivity contribution is 0.590. The van der Waals surface area contributed by atoms with Crippen molar-refractivity contribution in [1.82, 2.24) is 9.88 Å². The van der Waals surface area contributed by atoms with Gasteiger partial charge in [0.1, 0.15) is 0 Å². The molecule has 0 saturated carbocycles. The molecule has 2 nitrogen and oxygen atoms in total. The van der Waals surface area contributed by atoms with Gasteiger partial charge in [0.25, 0.3) is 0 Å². The summed E-state index contributed by atoms with van der Waals surface area (Å²) in [7, 11) is 2.04. The summed E-state index contributed by atoms with van der Waals surface area (Å²) in [6.45, 7) is 0. The quantitative estimate of drug-likeness (QED) is 0.810. The van der Waals surface area contributed by atoms with Crippen LogP contribution in [0.4, 0.5) is 0 Å². The Morgan fingerprint density at radius 3 is 2.81 bits per heavy atom. The normalized spacial score (nSPS) is 18.7. The Bertz CT molecular complexity index is 485. The fourth-order valence-corrected chi connectivity index (χ4v) is 2.57. The van der Waals surface area contributed by atoms with Gasteiger partial charge in [-0.15, -0.1) is 0 Å². The molecule has 82 valence electrons. The first-order chi connectivity index (χ1) is 7.88. The average molecular weight is 212 g/mol. The van der Waals surface area contributed by atoms with Gasteiger partial charge in [-0.25, -0.2) is 0 Å². The third-order valence-electron chi connectivity index (χ3n) is 3.46. The number of aromatic nitrogens is 1. The molecule has 0 aliphatic heterocycles. The lowest BCUT2D eigenvalue weighted by Gasteiger charge is -2.11. The Labute approximate surface area is 95.9 Å². The van der Waals surface area contributed by atoms with Gasteiger partial charge in [-0.1, -0.05) is 6.07 Å². The molecular formula is C14H16N2. The largest absolute Gasteiger partial charge is 0.324 e. The van der Waals surface area contributed by atoms with E-state index in [4.69, 9.17) is 0 Å². The molecule has 1 atom stereocenters. The number of hydrogen-bond acceptors (Lipinski definition) is 1. The van der Waals surface area contributed by atoms with Crippen LogP contribution in [0.5, 0.6) is 0 Å². The predicted molar refractivity (Wildman–Crippen MR) is 65.9 cm³/mol. The van der Waals surface area contributed by atoms with E-state index in [2.05, 4.69) is 52.6 Å². The van der Waals surface area contributed by atoms with Gasteiger partial charge >= 0.3 is 0 Å². The van der Waals surface area contributed by atoms with Gasteiger partial charge in [-0.2, -0.15) is 0 Å². The summed E-state index contributed by atoms with van der Waals surface area (Å²) in [6.07, 6.45) is 6.59. The molecule has 3 rings (SSSR count). The summed E-state index contributed by atoms with van der Waals surface area (Å²) in [6, 6.07) is 11.4. The van der Waals surface area contributed by atoms with Crippen LogP contribution in [0, 0.1) is 0 Å². The van der Waals surface area contributed by atoms with Crippen LogP contribution in [-0.4, -0.2) is 11.6 Å². The molecule has 1 heterocycles. The minimum Gasteiger partial charge on any atom is -0.324 e. The fraction of sp³-hybridized carbons (Fsp3) is 0.286. The van der Waals surface area contributed by atoms with E-state index in [1.807, 2.05) is 7.05 Å². The first-order valence-electron chi connectivity index (χ1n) is 5.82. The lowest BCUT2D eigenvalue weighted by atomic mass is 10.1. The summed E-state index contributed by atoms with van der Waals surface area (Å²) >= 11 is 0. The van der Waals surface area contributed by atoms with Gasteiger partial charge in [0, 0.05) is 24.1 Å². The van der Waals surface area contributed by atoms with Gasteiger partial charge < -0.3 is 9.88 Å². The minimum absolute atomic E-state index is 0.550. The molecule has 16 heavy (non-hydrogen) atoms. The van der Waals surface area contributed by atoms with Crippen molar-refractivity contribution in [3.05, 3.63) is 53.9 Å². The van der Waals surface area contributed by atoms with Crippen LogP contribution in [0.25, 0.3) is 5.69 Å². The second kappa shape index (κ2) is 3.80. The highest BCUT2D eigenvalue weighted by molar-refractivity contribution is 5.44. The Morgan fingerprint density at radius 1 is 1.25 bits per heavy atom. The van der Waals surface area contributed by atoms with E-state index in [9.17, 15) is 0 Å². The zero-order valence-electron chi connectivity index (χ0n) is 9.48. The van der Waals surface area contributed by atoms with Crippen LogP contribution in [0.1, 0.15) is 23.6 Å². The zero-order valence-corrected chi connectivity index (χ0v) is 9.48. The van der Waals surface area contributed by atoms with Crippen molar-refractivity contribution in [2.75, 3.05) is 7.05 Å². The van der Waals surface area contributed by atoms with E-state index in [1.54, 1.807) is 0 Å². The molecule has 1 aliphatic carbocycles. The maximum Gasteiger partial charge on any atom is 0.0452 e. The van der Waals surface area contributed by atoms with Crippen LogP contribution in [0.2, 0.25) is 0 Å². The molecule has 0 bridgehead atoms. The molecule has 1 aromatic carbocycles. The zero-order chi connectivity index (χ0) is 11.0. The van der Waals surface area contributed by atoms with Crippen molar-refractivity contribution in [3.8, 4) is 5.69 Å². The number of fused-ring (bicyclic) bond motifs is 1. The molecule has 2 aromatic rings. The number of aryl methyl sites for hydroxylation is 1. The van der Waals surface area contributed by atoms with Crippen LogP contribution >= 0.6 is 0 Å². The van der Waals surface area contributed by atoms with E-state index in [-0.39, 0.29) is 0 Å². The number of hydrogen-bond donors (Lipinski definition) is 1. The Hall–Kier alpha value is -1.54. The van der Waals surface area contributed by atoms with Gasteiger partial charge in [-0.05, 0) is 55.3 Å². The molecule has 0 fully saturated rings. The number of nitrogens with one attached hydrogen (secondary N) is 1. The number of rotatable bonds is 2. The van der Waals surface area contributed by atoms with Crippen molar-refractivity contribution < 1.29 is 0 Å². The van der Waals surface area contributed by atoms with Gasteiger partial charge in [0.05, 0.1) is 0 Å². The molecule has 1 aliphatic rings. The lowest BCUT2D eigenvalue weighted by Crippen LogP contribution is -2.12. The summed E-state index contributed by atoms with van der Waals surface area (Å²) in [4.78, 5) is 0. The summed E-state index contributed by atoms with van der Waals surface area (Å²) in [5.41, 5.74) is 4.23. The molecule has 1 N–H and O–H groups in total. The maximum atomic E-state index is 3.37. The van der Waals surface area contributed by atoms with Crippen LogP contribution in [0.15, 0.2) is 42.7 Å². The predicted octanol–water partition coefficient (Wildman–Crippen LogP) is 2.68. The van der Waals surface area contributed by atoms with Crippen molar-refractivity contribution in [2.24, 2.45) is 0 Å². The summed E-state index contributed by atoms with van der Waals surface area (Å²) in [5, 5.41) is 3.37. The first-order valence-corrected chi connectivity index (χ1v) is 5.82. The molecule has 1 aromatic heterocycles. The van der Waals surface area contributed by atoms with Crippen LogP contribution in [-0.2, 0) is 6.42 Å². The van der Waals surface area contributed by atoms with E-state index >= 15 is 0 Å². The molecule has 0 spiro atoms. The SMILES string of the molecule is CNC1CCc2cc(-n3cccc3)ccc21.